The molecule has 2 aromatic heterocycles. The summed E-state index contributed by atoms with van der Waals surface area (Å²) in [7, 11) is 0. The van der Waals surface area contributed by atoms with Crippen LogP contribution in [0, 0.1) is 5.82 Å². The fourth-order valence-electron chi connectivity index (χ4n) is 1.96. The molecule has 0 unspecified atom stereocenters. The van der Waals surface area contributed by atoms with Crippen molar-refractivity contribution in [2.75, 3.05) is 10.6 Å². The van der Waals surface area contributed by atoms with E-state index in [1.165, 1.54) is 18.3 Å². The second-order valence-electron chi connectivity index (χ2n) is 4.76. The average Bonchev–Trinajstić information content (AvgIpc) is 2.57. The number of aromatic nitrogens is 2. The van der Waals surface area contributed by atoms with Crippen LogP contribution in [0.5, 0.6) is 0 Å². The number of halogens is 1. The maximum atomic E-state index is 13.1. The Kier molecular flexibility index (Phi) is 4.24. The molecule has 1 amide bonds. The number of rotatable bonds is 4. The highest BCUT2D eigenvalue weighted by Crippen LogP contribution is 2.18. The summed E-state index contributed by atoms with van der Waals surface area (Å²) in [6, 6.07) is 12.9. The lowest BCUT2D eigenvalue weighted by Crippen LogP contribution is -2.13. The minimum atomic E-state index is -0.316. The zero-order valence-electron chi connectivity index (χ0n) is 12.0. The van der Waals surface area contributed by atoms with Gasteiger partial charge in [0, 0.05) is 18.1 Å². The Labute approximate surface area is 132 Å². The van der Waals surface area contributed by atoms with Gasteiger partial charge in [0.15, 0.2) is 0 Å². The average molecular weight is 308 g/mol. The van der Waals surface area contributed by atoms with Crippen molar-refractivity contribution in [3.05, 3.63) is 78.5 Å². The van der Waals surface area contributed by atoms with Gasteiger partial charge < -0.3 is 10.6 Å². The zero-order chi connectivity index (χ0) is 16.1. The van der Waals surface area contributed by atoms with Crippen molar-refractivity contribution < 1.29 is 9.18 Å². The number of benzene rings is 1. The molecule has 5 nitrogen and oxygen atoms in total. The SMILES string of the molecule is O=C(Nc1ccc(Nc2cccc(F)c2)cn1)c1cccnc1. The maximum Gasteiger partial charge on any atom is 0.258 e. The molecule has 0 atom stereocenters. The molecule has 0 saturated heterocycles. The summed E-state index contributed by atoms with van der Waals surface area (Å²) in [6.45, 7) is 0. The standard InChI is InChI=1S/C17H13FN4O/c18-13-4-1-5-14(9-13)21-15-6-7-16(20-11-15)22-17(23)12-3-2-8-19-10-12/h1-11,21H,(H,20,22,23). The van der Waals surface area contributed by atoms with Gasteiger partial charge >= 0.3 is 0 Å². The van der Waals surface area contributed by atoms with E-state index < -0.39 is 0 Å². The number of pyridine rings is 2. The van der Waals surface area contributed by atoms with E-state index in [4.69, 9.17) is 0 Å². The third-order valence-corrected chi connectivity index (χ3v) is 3.04. The molecule has 0 aliphatic heterocycles. The first-order valence-corrected chi connectivity index (χ1v) is 6.91. The molecular formula is C17H13FN4O. The lowest BCUT2D eigenvalue weighted by atomic mass is 10.2. The summed E-state index contributed by atoms with van der Waals surface area (Å²) in [5, 5.41) is 5.71. The Bertz CT molecular complexity index is 806. The van der Waals surface area contributed by atoms with E-state index in [0.29, 0.717) is 22.8 Å². The van der Waals surface area contributed by atoms with Crippen LogP contribution in [-0.2, 0) is 0 Å². The Morgan fingerprint density at radius 3 is 2.61 bits per heavy atom. The van der Waals surface area contributed by atoms with E-state index in [-0.39, 0.29) is 11.7 Å². The zero-order valence-corrected chi connectivity index (χ0v) is 12.0. The van der Waals surface area contributed by atoms with Gasteiger partial charge in [-0.25, -0.2) is 9.37 Å². The van der Waals surface area contributed by atoms with Crippen molar-refractivity contribution >= 4 is 23.1 Å². The Balaban J connectivity index is 1.66. The summed E-state index contributed by atoms with van der Waals surface area (Å²) >= 11 is 0. The van der Waals surface area contributed by atoms with Gasteiger partial charge in [-0.15, -0.1) is 0 Å². The predicted octanol–water partition coefficient (Wildman–Crippen LogP) is 3.61. The Morgan fingerprint density at radius 2 is 1.91 bits per heavy atom. The molecule has 0 fully saturated rings. The summed E-state index contributed by atoms with van der Waals surface area (Å²) < 4.78 is 13.1. The van der Waals surface area contributed by atoms with E-state index in [9.17, 15) is 9.18 Å². The highest BCUT2D eigenvalue weighted by atomic mass is 19.1. The van der Waals surface area contributed by atoms with E-state index in [2.05, 4.69) is 20.6 Å². The lowest BCUT2D eigenvalue weighted by molar-refractivity contribution is 0.102. The number of anilines is 3. The molecule has 0 radical (unpaired) electrons. The second-order valence-corrected chi connectivity index (χ2v) is 4.76. The lowest BCUT2D eigenvalue weighted by Gasteiger charge is -2.08. The number of nitrogens with zero attached hydrogens (tertiary/aromatic N) is 2. The van der Waals surface area contributed by atoms with Crippen LogP contribution in [0.3, 0.4) is 0 Å². The molecule has 2 heterocycles. The topological polar surface area (TPSA) is 66.9 Å². The molecular weight excluding hydrogens is 295 g/mol. The van der Waals surface area contributed by atoms with E-state index >= 15 is 0 Å². The van der Waals surface area contributed by atoms with Crippen LogP contribution in [-0.4, -0.2) is 15.9 Å². The number of carbonyl (C=O) groups is 1. The number of hydrogen-bond acceptors (Lipinski definition) is 4. The maximum absolute atomic E-state index is 13.1. The highest BCUT2D eigenvalue weighted by molar-refractivity contribution is 6.03. The van der Waals surface area contributed by atoms with Crippen molar-refractivity contribution in [2.45, 2.75) is 0 Å². The number of nitrogens with one attached hydrogen (secondary N) is 2. The highest BCUT2D eigenvalue weighted by Gasteiger charge is 2.06. The monoisotopic (exact) mass is 308 g/mol. The van der Waals surface area contributed by atoms with Crippen molar-refractivity contribution in [3.63, 3.8) is 0 Å². The molecule has 0 aliphatic carbocycles. The summed E-state index contributed by atoms with van der Waals surface area (Å²) in [5.41, 5.74) is 1.77. The molecule has 2 N–H and O–H groups in total. The molecule has 114 valence electrons. The fourth-order valence-corrected chi connectivity index (χ4v) is 1.96. The van der Waals surface area contributed by atoms with Crippen LogP contribution in [0.2, 0.25) is 0 Å². The molecule has 0 spiro atoms. The van der Waals surface area contributed by atoms with Gasteiger partial charge in [0.2, 0.25) is 0 Å². The van der Waals surface area contributed by atoms with Gasteiger partial charge in [0.1, 0.15) is 11.6 Å². The Morgan fingerprint density at radius 1 is 1.00 bits per heavy atom. The molecule has 3 rings (SSSR count). The van der Waals surface area contributed by atoms with Crippen molar-refractivity contribution in [1.82, 2.24) is 9.97 Å². The minimum Gasteiger partial charge on any atom is -0.354 e. The first-order valence-electron chi connectivity index (χ1n) is 6.91. The largest absolute Gasteiger partial charge is 0.354 e. The third-order valence-electron chi connectivity index (χ3n) is 3.04. The minimum absolute atomic E-state index is 0.281. The van der Waals surface area contributed by atoms with Crippen molar-refractivity contribution in [3.8, 4) is 0 Å². The van der Waals surface area contributed by atoms with Gasteiger partial charge in [-0.2, -0.15) is 0 Å². The molecule has 23 heavy (non-hydrogen) atoms. The summed E-state index contributed by atoms with van der Waals surface area (Å²) in [5.74, 6) is -0.177. The van der Waals surface area contributed by atoms with Crippen LogP contribution in [0.15, 0.2) is 67.1 Å². The van der Waals surface area contributed by atoms with Crippen LogP contribution in [0.4, 0.5) is 21.6 Å². The van der Waals surface area contributed by atoms with Gasteiger partial charge in [-0.05, 0) is 42.5 Å². The summed E-state index contributed by atoms with van der Waals surface area (Å²) in [6.07, 6.45) is 4.64. The Hall–Kier alpha value is -3.28. The van der Waals surface area contributed by atoms with E-state index in [1.54, 1.807) is 48.8 Å². The molecule has 0 saturated carbocycles. The second kappa shape index (κ2) is 6.65. The van der Waals surface area contributed by atoms with Gasteiger partial charge in [0.05, 0.1) is 17.4 Å². The van der Waals surface area contributed by atoms with Gasteiger partial charge in [0.25, 0.3) is 5.91 Å². The number of amides is 1. The predicted molar refractivity (Wildman–Crippen MR) is 86.1 cm³/mol. The quantitative estimate of drug-likeness (QED) is 0.772. The molecule has 6 heteroatoms. The first-order chi connectivity index (χ1) is 11.2. The molecule has 1 aromatic carbocycles. The smallest absolute Gasteiger partial charge is 0.258 e. The van der Waals surface area contributed by atoms with Crippen LogP contribution in [0.25, 0.3) is 0 Å². The number of carbonyl (C=O) groups excluding carboxylic acids is 1. The van der Waals surface area contributed by atoms with Crippen LogP contribution >= 0.6 is 0 Å². The third kappa shape index (κ3) is 3.88. The van der Waals surface area contributed by atoms with E-state index in [1.807, 2.05) is 0 Å². The first kappa shape index (κ1) is 14.6. The number of hydrogen-bond donors (Lipinski definition) is 2. The van der Waals surface area contributed by atoms with Gasteiger partial charge in [-0.3, -0.25) is 9.78 Å². The molecule has 3 aromatic rings. The molecule has 0 bridgehead atoms. The van der Waals surface area contributed by atoms with E-state index in [0.717, 1.165) is 0 Å². The molecule has 0 aliphatic rings. The van der Waals surface area contributed by atoms with Crippen LogP contribution in [0.1, 0.15) is 10.4 Å². The fraction of sp³-hybridized carbons (Fsp3) is 0. The summed E-state index contributed by atoms with van der Waals surface area (Å²) in [4.78, 5) is 20.0. The normalized spacial score (nSPS) is 10.1. The van der Waals surface area contributed by atoms with Crippen LogP contribution < -0.4 is 10.6 Å². The van der Waals surface area contributed by atoms with Crippen molar-refractivity contribution in [1.29, 1.82) is 0 Å². The van der Waals surface area contributed by atoms with Crippen molar-refractivity contribution in [2.24, 2.45) is 0 Å². The van der Waals surface area contributed by atoms with Gasteiger partial charge in [-0.1, -0.05) is 6.07 Å².